The maximum absolute atomic E-state index is 13.8. The Hall–Kier alpha value is -1.69. The van der Waals surface area contributed by atoms with Crippen molar-refractivity contribution >= 4 is 17.3 Å². The maximum Gasteiger partial charge on any atom is 0.163 e. The van der Waals surface area contributed by atoms with Crippen molar-refractivity contribution in [3.8, 4) is 0 Å². The fraction of sp³-hybridized carbons (Fsp3) is 0.0769. The lowest BCUT2D eigenvalue weighted by atomic mass is 9.97. The maximum atomic E-state index is 13.8. The number of nitrogens with two attached hydrogens (primary N) is 2. The van der Waals surface area contributed by atoms with Crippen molar-refractivity contribution in [2.45, 2.75) is 6.04 Å². The lowest BCUT2D eigenvalue weighted by Gasteiger charge is -2.19. The lowest BCUT2D eigenvalue weighted by Crippen LogP contribution is -2.30. The summed E-state index contributed by atoms with van der Waals surface area (Å²) in [6, 6.07) is 7.88. The Balaban J connectivity index is 2.53. The third kappa shape index (κ3) is 2.68. The van der Waals surface area contributed by atoms with Gasteiger partial charge in [0.1, 0.15) is 0 Å². The van der Waals surface area contributed by atoms with E-state index < -0.39 is 17.7 Å². The van der Waals surface area contributed by atoms with Crippen LogP contribution in [-0.4, -0.2) is 0 Å². The van der Waals surface area contributed by atoms with Crippen molar-refractivity contribution in [2.75, 3.05) is 5.73 Å². The van der Waals surface area contributed by atoms with E-state index in [0.717, 1.165) is 6.07 Å². The van der Waals surface area contributed by atoms with E-state index in [2.05, 4.69) is 5.43 Å². The summed E-state index contributed by atoms with van der Waals surface area (Å²) in [5, 5.41) is 0.455. The van der Waals surface area contributed by atoms with E-state index in [0.29, 0.717) is 16.3 Å². The first-order valence-electron chi connectivity index (χ1n) is 5.49. The number of halogens is 3. The summed E-state index contributed by atoms with van der Waals surface area (Å²) >= 11 is 5.80. The third-order valence-corrected chi connectivity index (χ3v) is 3.05. The first-order chi connectivity index (χ1) is 9.04. The zero-order valence-electron chi connectivity index (χ0n) is 9.83. The van der Waals surface area contributed by atoms with Crippen molar-refractivity contribution in [1.29, 1.82) is 0 Å². The van der Waals surface area contributed by atoms with Gasteiger partial charge in [0.25, 0.3) is 0 Å². The fourth-order valence-corrected chi connectivity index (χ4v) is 2.08. The summed E-state index contributed by atoms with van der Waals surface area (Å²) in [6.07, 6.45) is 0. The quantitative estimate of drug-likeness (QED) is 0.461. The minimum absolute atomic E-state index is 0.0801. The molecule has 2 aromatic carbocycles. The third-order valence-electron chi connectivity index (χ3n) is 2.82. The first-order valence-corrected chi connectivity index (χ1v) is 5.87. The average Bonchev–Trinajstić information content (AvgIpc) is 2.37. The van der Waals surface area contributed by atoms with E-state index in [1.807, 2.05) is 0 Å². The van der Waals surface area contributed by atoms with Gasteiger partial charge in [-0.05, 0) is 23.8 Å². The number of benzene rings is 2. The summed E-state index contributed by atoms with van der Waals surface area (Å²) in [5.74, 6) is 3.54. The largest absolute Gasteiger partial charge is 0.398 e. The molecular weight excluding hydrogens is 272 g/mol. The van der Waals surface area contributed by atoms with Crippen LogP contribution in [0.25, 0.3) is 0 Å². The number of anilines is 1. The zero-order chi connectivity index (χ0) is 14.0. The van der Waals surface area contributed by atoms with Gasteiger partial charge in [-0.15, -0.1) is 0 Å². The first kappa shape index (κ1) is 13.7. The van der Waals surface area contributed by atoms with Gasteiger partial charge in [-0.25, -0.2) is 14.2 Å². The number of hydrogen-bond donors (Lipinski definition) is 3. The summed E-state index contributed by atoms with van der Waals surface area (Å²) < 4.78 is 27.1. The van der Waals surface area contributed by atoms with Crippen LogP contribution in [0.3, 0.4) is 0 Å². The molecule has 1 atom stereocenters. The van der Waals surface area contributed by atoms with Crippen LogP contribution in [0.1, 0.15) is 17.2 Å². The molecule has 100 valence electrons. The Morgan fingerprint density at radius 3 is 2.47 bits per heavy atom. The number of nitrogen functional groups attached to an aromatic ring is 1. The topological polar surface area (TPSA) is 64.1 Å². The second kappa shape index (κ2) is 5.52. The molecular formula is C13H12ClF2N3. The molecule has 2 rings (SSSR count). The summed E-state index contributed by atoms with van der Waals surface area (Å²) in [6.45, 7) is 0. The molecule has 0 saturated carbocycles. The molecule has 0 aliphatic carbocycles. The number of rotatable bonds is 3. The highest BCUT2D eigenvalue weighted by atomic mass is 35.5. The van der Waals surface area contributed by atoms with Crippen LogP contribution >= 0.6 is 11.6 Å². The molecule has 0 bridgehead atoms. The summed E-state index contributed by atoms with van der Waals surface area (Å²) in [7, 11) is 0. The molecule has 0 aliphatic rings. The Kier molecular flexibility index (Phi) is 3.99. The van der Waals surface area contributed by atoms with Crippen molar-refractivity contribution in [3.63, 3.8) is 0 Å². The predicted molar refractivity (Wildman–Crippen MR) is 71.4 cm³/mol. The molecule has 3 nitrogen and oxygen atoms in total. The Morgan fingerprint density at radius 1 is 1.11 bits per heavy atom. The fourth-order valence-electron chi connectivity index (χ4n) is 1.90. The smallest absolute Gasteiger partial charge is 0.163 e. The molecule has 0 saturated heterocycles. The van der Waals surface area contributed by atoms with Crippen molar-refractivity contribution in [1.82, 2.24) is 5.43 Å². The van der Waals surface area contributed by atoms with Gasteiger partial charge in [-0.3, -0.25) is 5.84 Å². The van der Waals surface area contributed by atoms with Gasteiger partial charge in [0.05, 0.1) is 6.04 Å². The SMILES string of the molecule is NNC(c1ccc(Cl)cc1N)c1cccc(F)c1F. The van der Waals surface area contributed by atoms with E-state index in [9.17, 15) is 8.78 Å². The van der Waals surface area contributed by atoms with Gasteiger partial charge in [-0.2, -0.15) is 0 Å². The molecule has 0 radical (unpaired) electrons. The predicted octanol–water partition coefficient (Wildman–Crippen LogP) is 2.75. The average molecular weight is 284 g/mol. The standard InChI is InChI=1S/C13H12ClF2N3/c14-7-4-5-8(11(17)6-7)13(19-18)9-2-1-3-10(15)12(9)16/h1-6,13,19H,17-18H2. The van der Waals surface area contributed by atoms with Crippen LogP contribution in [0.5, 0.6) is 0 Å². The summed E-state index contributed by atoms with van der Waals surface area (Å²) in [4.78, 5) is 0. The molecule has 5 N–H and O–H groups in total. The van der Waals surface area contributed by atoms with Crippen LogP contribution in [0.4, 0.5) is 14.5 Å². The number of nitrogens with one attached hydrogen (secondary N) is 1. The molecule has 0 aromatic heterocycles. The monoisotopic (exact) mass is 283 g/mol. The van der Waals surface area contributed by atoms with E-state index in [1.54, 1.807) is 12.1 Å². The Morgan fingerprint density at radius 2 is 1.84 bits per heavy atom. The van der Waals surface area contributed by atoms with E-state index in [1.165, 1.54) is 18.2 Å². The zero-order valence-corrected chi connectivity index (χ0v) is 10.6. The minimum atomic E-state index is -0.959. The molecule has 0 spiro atoms. The van der Waals surface area contributed by atoms with Crippen molar-refractivity contribution in [2.24, 2.45) is 5.84 Å². The molecule has 6 heteroatoms. The van der Waals surface area contributed by atoms with E-state index in [4.69, 9.17) is 23.2 Å². The van der Waals surface area contributed by atoms with Gasteiger partial charge in [0, 0.05) is 16.3 Å². The van der Waals surface area contributed by atoms with E-state index in [-0.39, 0.29) is 5.56 Å². The van der Waals surface area contributed by atoms with E-state index >= 15 is 0 Å². The van der Waals surface area contributed by atoms with Crippen LogP contribution < -0.4 is 17.0 Å². The van der Waals surface area contributed by atoms with Crippen LogP contribution in [0, 0.1) is 11.6 Å². The second-order valence-corrected chi connectivity index (χ2v) is 4.45. The van der Waals surface area contributed by atoms with Gasteiger partial charge < -0.3 is 5.73 Å². The minimum Gasteiger partial charge on any atom is -0.398 e. The molecule has 2 aromatic rings. The van der Waals surface area contributed by atoms with Gasteiger partial charge in [0.15, 0.2) is 11.6 Å². The van der Waals surface area contributed by atoms with Crippen molar-refractivity contribution < 1.29 is 8.78 Å². The van der Waals surface area contributed by atoms with Gasteiger partial charge in [-0.1, -0.05) is 29.8 Å². The number of hydrogen-bond acceptors (Lipinski definition) is 3. The Bertz CT molecular complexity index is 604. The van der Waals surface area contributed by atoms with Gasteiger partial charge in [0.2, 0.25) is 0 Å². The van der Waals surface area contributed by atoms with Crippen molar-refractivity contribution in [3.05, 3.63) is 64.2 Å². The normalized spacial score (nSPS) is 12.4. The van der Waals surface area contributed by atoms with Crippen LogP contribution in [0.2, 0.25) is 5.02 Å². The molecule has 0 aliphatic heterocycles. The van der Waals surface area contributed by atoms with Gasteiger partial charge >= 0.3 is 0 Å². The second-order valence-electron chi connectivity index (χ2n) is 4.02. The highest BCUT2D eigenvalue weighted by Crippen LogP contribution is 2.30. The molecule has 0 fully saturated rings. The number of hydrazine groups is 1. The molecule has 19 heavy (non-hydrogen) atoms. The molecule has 1 unspecified atom stereocenters. The highest BCUT2D eigenvalue weighted by molar-refractivity contribution is 6.30. The highest BCUT2D eigenvalue weighted by Gasteiger charge is 2.20. The Labute approximate surface area is 114 Å². The molecule has 0 amide bonds. The van der Waals surface area contributed by atoms with Crippen LogP contribution in [0.15, 0.2) is 36.4 Å². The van der Waals surface area contributed by atoms with Crippen LogP contribution in [-0.2, 0) is 0 Å². The molecule has 0 heterocycles. The summed E-state index contributed by atoms with van der Waals surface area (Å²) in [5.41, 5.74) is 9.21. The lowest BCUT2D eigenvalue weighted by molar-refractivity contribution is 0.483.